The minimum atomic E-state index is -0.769. The summed E-state index contributed by atoms with van der Waals surface area (Å²) in [5.74, 6) is -2.06. The van der Waals surface area contributed by atoms with E-state index in [1.807, 2.05) is 19.1 Å². The number of aliphatic hydroxyl groups is 1. The summed E-state index contributed by atoms with van der Waals surface area (Å²) in [7, 11) is 1.30. The number of aryl methyl sites for hydroxylation is 1. The molecule has 2 saturated heterocycles. The molecule has 0 saturated carbocycles. The number of hydrogen-bond donors (Lipinski definition) is 1. The van der Waals surface area contributed by atoms with E-state index in [9.17, 15) is 19.5 Å². The number of Topliss-reactive ketones (excluding diaryl/α,β-unsaturated/α-hetero) is 1. The van der Waals surface area contributed by atoms with Gasteiger partial charge in [-0.15, -0.1) is 0 Å². The van der Waals surface area contributed by atoms with Crippen molar-refractivity contribution in [2.24, 2.45) is 0 Å². The predicted molar refractivity (Wildman–Crippen MR) is 125 cm³/mol. The van der Waals surface area contributed by atoms with E-state index in [0.717, 1.165) is 18.7 Å². The summed E-state index contributed by atoms with van der Waals surface area (Å²) in [5.41, 5.74) is 2.50. The number of amides is 1. The van der Waals surface area contributed by atoms with Crippen molar-refractivity contribution in [3.8, 4) is 0 Å². The maximum Gasteiger partial charge on any atom is 0.337 e. The van der Waals surface area contributed by atoms with Crippen LogP contribution in [-0.4, -0.2) is 79.1 Å². The van der Waals surface area contributed by atoms with Crippen LogP contribution in [0.3, 0.4) is 0 Å². The third-order valence-electron chi connectivity index (χ3n) is 6.27. The molecule has 0 bridgehead atoms. The van der Waals surface area contributed by atoms with Crippen LogP contribution in [0, 0.1) is 6.92 Å². The van der Waals surface area contributed by atoms with Gasteiger partial charge in [-0.3, -0.25) is 14.5 Å². The summed E-state index contributed by atoms with van der Waals surface area (Å²) in [6, 6.07) is 12.9. The number of nitrogens with zero attached hydrogens (tertiary/aromatic N) is 2. The average molecular weight is 465 g/mol. The number of rotatable bonds is 6. The molecule has 2 aliphatic rings. The number of esters is 1. The highest BCUT2D eigenvalue weighted by Gasteiger charge is 2.46. The molecule has 0 aromatic heterocycles. The molecule has 1 N–H and O–H groups in total. The molecule has 8 heteroatoms. The lowest BCUT2D eigenvalue weighted by Gasteiger charge is -2.31. The van der Waals surface area contributed by atoms with Gasteiger partial charge < -0.3 is 19.5 Å². The Labute approximate surface area is 198 Å². The lowest BCUT2D eigenvalue weighted by molar-refractivity contribution is -0.140. The van der Waals surface area contributed by atoms with Gasteiger partial charge in [0.15, 0.2) is 0 Å². The first-order chi connectivity index (χ1) is 16.4. The molecule has 0 radical (unpaired) electrons. The summed E-state index contributed by atoms with van der Waals surface area (Å²) in [6.07, 6.45) is 0. The van der Waals surface area contributed by atoms with Crippen molar-refractivity contribution in [3.05, 3.63) is 76.4 Å². The second-order valence-corrected chi connectivity index (χ2v) is 8.43. The van der Waals surface area contributed by atoms with E-state index in [1.54, 1.807) is 36.4 Å². The van der Waals surface area contributed by atoms with E-state index in [2.05, 4.69) is 4.90 Å². The Morgan fingerprint density at radius 2 is 1.62 bits per heavy atom. The van der Waals surface area contributed by atoms with Crippen LogP contribution in [0.5, 0.6) is 0 Å². The zero-order valence-electron chi connectivity index (χ0n) is 19.3. The van der Waals surface area contributed by atoms with Gasteiger partial charge in [-0.05, 0) is 24.6 Å². The molecule has 1 unspecified atom stereocenters. The van der Waals surface area contributed by atoms with Crippen LogP contribution < -0.4 is 0 Å². The van der Waals surface area contributed by atoms with Gasteiger partial charge in [0.25, 0.3) is 11.7 Å². The van der Waals surface area contributed by atoms with Gasteiger partial charge in [-0.1, -0.05) is 42.0 Å². The van der Waals surface area contributed by atoms with Gasteiger partial charge in [0.1, 0.15) is 5.76 Å². The normalized spacial score (nSPS) is 20.5. The van der Waals surface area contributed by atoms with E-state index < -0.39 is 23.7 Å². The van der Waals surface area contributed by atoms with E-state index in [1.165, 1.54) is 12.0 Å². The van der Waals surface area contributed by atoms with Gasteiger partial charge in [-0.2, -0.15) is 0 Å². The molecule has 1 amide bonds. The number of aliphatic hydroxyl groups excluding tert-OH is 1. The van der Waals surface area contributed by atoms with Crippen molar-refractivity contribution in [2.45, 2.75) is 13.0 Å². The van der Waals surface area contributed by atoms with E-state index in [-0.39, 0.29) is 11.3 Å². The molecule has 2 aromatic carbocycles. The monoisotopic (exact) mass is 464 g/mol. The van der Waals surface area contributed by atoms with Crippen molar-refractivity contribution >= 4 is 23.4 Å². The largest absolute Gasteiger partial charge is 0.507 e. The highest BCUT2D eigenvalue weighted by atomic mass is 16.5. The van der Waals surface area contributed by atoms with Crippen LogP contribution >= 0.6 is 0 Å². The highest BCUT2D eigenvalue weighted by Crippen LogP contribution is 2.39. The zero-order chi connectivity index (χ0) is 24.2. The maximum atomic E-state index is 13.1. The van der Waals surface area contributed by atoms with Gasteiger partial charge in [0.2, 0.25) is 0 Å². The van der Waals surface area contributed by atoms with Gasteiger partial charge in [0, 0.05) is 31.7 Å². The Kier molecular flexibility index (Phi) is 7.09. The highest BCUT2D eigenvalue weighted by molar-refractivity contribution is 6.46. The molecule has 2 aromatic rings. The number of benzene rings is 2. The number of ether oxygens (including phenoxy) is 2. The lowest BCUT2D eigenvalue weighted by atomic mass is 9.94. The van der Waals surface area contributed by atoms with Crippen LogP contribution in [0.15, 0.2) is 54.1 Å². The molecule has 0 aliphatic carbocycles. The first-order valence-corrected chi connectivity index (χ1v) is 11.2. The standard InChI is InChI=1S/C26H28N2O6/c1-17-3-5-19(6-4-17)23(29)21-22(18-7-9-20(10-8-18)26(32)33-2)28(25(31)24(21)30)12-11-27-13-15-34-16-14-27/h3-10,22,29H,11-16H2,1-2H3/b23-21+. The summed E-state index contributed by atoms with van der Waals surface area (Å²) >= 11 is 0. The van der Waals surface area contributed by atoms with E-state index in [4.69, 9.17) is 9.47 Å². The molecular formula is C26H28N2O6. The predicted octanol–water partition coefficient (Wildman–Crippen LogP) is 2.54. The van der Waals surface area contributed by atoms with Crippen LogP contribution in [0.25, 0.3) is 5.76 Å². The summed E-state index contributed by atoms with van der Waals surface area (Å²) in [4.78, 5) is 41.8. The number of methoxy groups -OCH3 is 1. The minimum absolute atomic E-state index is 0.0432. The average Bonchev–Trinajstić information content (AvgIpc) is 3.12. The molecule has 0 spiro atoms. The smallest absolute Gasteiger partial charge is 0.337 e. The van der Waals surface area contributed by atoms with E-state index in [0.29, 0.717) is 43.0 Å². The molecule has 1 atom stereocenters. The van der Waals surface area contributed by atoms with Crippen LogP contribution in [0.1, 0.15) is 33.1 Å². The van der Waals surface area contributed by atoms with Crippen LogP contribution in [-0.2, 0) is 19.1 Å². The Balaban J connectivity index is 1.73. The summed E-state index contributed by atoms with van der Waals surface area (Å²) in [5, 5.41) is 11.1. The SMILES string of the molecule is COC(=O)c1ccc(C2/C(=C(\O)c3ccc(C)cc3)C(=O)C(=O)N2CCN2CCOCC2)cc1. The molecule has 34 heavy (non-hydrogen) atoms. The fourth-order valence-electron chi connectivity index (χ4n) is 4.32. The Hall–Kier alpha value is -3.49. The molecule has 2 aliphatic heterocycles. The quantitative estimate of drug-likeness (QED) is 0.304. The topological polar surface area (TPSA) is 96.4 Å². The van der Waals surface area contributed by atoms with E-state index >= 15 is 0 Å². The number of morpholine rings is 1. The first-order valence-electron chi connectivity index (χ1n) is 11.2. The zero-order valence-corrected chi connectivity index (χ0v) is 19.3. The molecule has 4 rings (SSSR count). The number of carbonyl (C=O) groups is 3. The van der Waals surface area contributed by atoms with Gasteiger partial charge in [-0.25, -0.2) is 4.79 Å². The van der Waals surface area contributed by atoms with Crippen molar-refractivity contribution in [2.75, 3.05) is 46.5 Å². The fourth-order valence-corrected chi connectivity index (χ4v) is 4.32. The van der Waals surface area contributed by atoms with Crippen molar-refractivity contribution in [1.29, 1.82) is 0 Å². The maximum absolute atomic E-state index is 13.1. The van der Waals surface area contributed by atoms with Gasteiger partial charge >= 0.3 is 5.97 Å². The number of likely N-dealkylation sites (tertiary alicyclic amines) is 1. The fraction of sp³-hybridized carbons (Fsp3) is 0.346. The molecular weight excluding hydrogens is 436 g/mol. The number of ketones is 1. The van der Waals surface area contributed by atoms with Gasteiger partial charge in [0.05, 0.1) is 37.5 Å². The first kappa shape index (κ1) is 23.7. The third-order valence-corrected chi connectivity index (χ3v) is 6.27. The number of hydrogen-bond acceptors (Lipinski definition) is 7. The molecule has 178 valence electrons. The summed E-state index contributed by atoms with van der Waals surface area (Å²) < 4.78 is 10.2. The van der Waals surface area contributed by atoms with Crippen molar-refractivity contribution in [1.82, 2.24) is 9.80 Å². The molecule has 2 heterocycles. The van der Waals surface area contributed by atoms with Crippen molar-refractivity contribution in [3.63, 3.8) is 0 Å². The second-order valence-electron chi connectivity index (χ2n) is 8.43. The Morgan fingerprint density at radius 1 is 1.00 bits per heavy atom. The molecule has 2 fully saturated rings. The number of carbonyl (C=O) groups excluding carboxylic acids is 3. The lowest BCUT2D eigenvalue weighted by Crippen LogP contribution is -2.42. The third kappa shape index (κ3) is 4.73. The minimum Gasteiger partial charge on any atom is -0.507 e. The Morgan fingerprint density at radius 3 is 2.24 bits per heavy atom. The van der Waals surface area contributed by atoms with Crippen LogP contribution in [0.4, 0.5) is 0 Å². The Bertz CT molecular complexity index is 1100. The van der Waals surface area contributed by atoms with Crippen LogP contribution in [0.2, 0.25) is 0 Å². The second kappa shape index (κ2) is 10.2. The van der Waals surface area contributed by atoms with Crippen molar-refractivity contribution < 1.29 is 29.0 Å². The molecule has 8 nitrogen and oxygen atoms in total. The summed E-state index contributed by atoms with van der Waals surface area (Å²) in [6.45, 7) is 5.60.